The number of ether oxygens (including phenoxy) is 1. The number of phenolic OH excluding ortho intramolecular Hbond substituents is 1. The molecule has 0 bridgehead atoms. The maximum absolute atomic E-state index is 12.2. The van der Waals surface area contributed by atoms with Crippen molar-refractivity contribution in [1.82, 2.24) is 0 Å². The van der Waals surface area contributed by atoms with Crippen LogP contribution in [0, 0.1) is 0 Å². The monoisotopic (exact) mass is 369 g/mol. The summed E-state index contributed by atoms with van der Waals surface area (Å²) in [6.45, 7) is 0. The summed E-state index contributed by atoms with van der Waals surface area (Å²) >= 11 is 0. The number of fused-ring (bicyclic) bond motifs is 1. The fourth-order valence-electron chi connectivity index (χ4n) is 2.65. The Balaban J connectivity index is 0.00000225. The molecule has 0 aromatic heterocycles. The fraction of sp³-hybridized carbons (Fsp3) is 0.111. The second-order valence-corrected chi connectivity index (χ2v) is 5.31. The maximum Gasteiger partial charge on any atom is 0.573 e. The van der Waals surface area contributed by atoms with Gasteiger partial charge in [0.1, 0.15) is 11.5 Å². The molecule has 0 heterocycles. The summed E-state index contributed by atoms with van der Waals surface area (Å²) in [4.78, 5) is 0. The summed E-state index contributed by atoms with van der Waals surface area (Å²) in [5.41, 5.74) is 7.33. The van der Waals surface area contributed by atoms with Crippen LogP contribution < -0.4 is 10.5 Å². The van der Waals surface area contributed by atoms with Crippen LogP contribution in [0.4, 0.5) is 13.2 Å². The molecular weight excluding hydrogens is 355 g/mol. The van der Waals surface area contributed by atoms with E-state index >= 15 is 0 Å². The van der Waals surface area contributed by atoms with Crippen LogP contribution in [0.5, 0.6) is 11.5 Å². The van der Waals surface area contributed by atoms with Crippen LogP contribution in [0.15, 0.2) is 60.7 Å². The molecule has 3 nitrogen and oxygen atoms in total. The highest BCUT2D eigenvalue weighted by Crippen LogP contribution is 2.35. The molecule has 0 aliphatic heterocycles. The lowest BCUT2D eigenvalue weighted by Crippen LogP contribution is -2.17. The predicted octanol–water partition coefficient (Wildman–Crippen LogP) is 4.91. The Labute approximate surface area is 148 Å². The third-order valence-electron chi connectivity index (χ3n) is 3.73. The van der Waals surface area contributed by atoms with E-state index in [0.29, 0.717) is 11.1 Å². The molecule has 0 fully saturated rings. The zero-order valence-electron chi connectivity index (χ0n) is 12.8. The lowest BCUT2D eigenvalue weighted by molar-refractivity contribution is -0.274. The van der Waals surface area contributed by atoms with Gasteiger partial charge in [-0.05, 0) is 34.5 Å². The second kappa shape index (κ2) is 7.21. The van der Waals surface area contributed by atoms with Gasteiger partial charge in [0.15, 0.2) is 0 Å². The molecule has 3 aromatic rings. The van der Waals surface area contributed by atoms with Crippen LogP contribution >= 0.6 is 12.4 Å². The second-order valence-electron chi connectivity index (χ2n) is 5.31. The SMILES string of the molecule is Cl.N[C@H](c1ccc(OC(F)(F)F)cc1)c1c(O)ccc2ccccc12. The van der Waals surface area contributed by atoms with E-state index < -0.39 is 12.4 Å². The van der Waals surface area contributed by atoms with Gasteiger partial charge in [-0.25, -0.2) is 0 Å². The van der Waals surface area contributed by atoms with Crippen molar-refractivity contribution in [3.05, 3.63) is 71.8 Å². The molecule has 3 rings (SSSR count). The molecule has 0 saturated carbocycles. The minimum Gasteiger partial charge on any atom is -0.508 e. The Hall–Kier alpha value is -2.44. The first kappa shape index (κ1) is 18.9. The fourth-order valence-corrected chi connectivity index (χ4v) is 2.65. The Bertz CT molecular complexity index is 866. The van der Waals surface area contributed by atoms with Crippen molar-refractivity contribution in [2.45, 2.75) is 12.4 Å². The van der Waals surface area contributed by atoms with E-state index in [-0.39, 0.29) is 23.9 Å². The molecular formula is C18H15ClF3NO2. The first-order valence-electron chi connectivity index (χ1n) is 7.17. The van der Waals surface area contributed by atoms with Crippen LogP contribution in [0.3, 0.4) is 0 Å². The molecule has 0 spiro atoms. The van der Waals surface area contributed by atoms with Gasteiger partial charge in [0, 0.05) is 5.56 Å². The summed E-state index contributed by atoms with van der Waals surface area (Å²) in [6.07, 6.45) is -4.74. The molecule has 0 amide bonds. The van der Waals surface area contributed by atoms with Crippen LogP contribution in [0.2, 0.25) is 0 Å². The van der Waals surface area contributed by atoms with Gasteiger partial charge in [0.2, 0.25) is 0 Å². The van der Waals surface area contributed by atoms with E-state index in [0.717, 1.165) is 10.8 Å². The summed E-state index contributed by atoms with van der Waals surface area (Å²) in [5.74, 6) is -0.280. The minimum atomic E-state index is -4.74. The van der Waals surface area contributed by atoms with Gasteiger partial charge in [0.05, 0.1) is 6.04 Å². The van der Waals surface area contributed by atoms with E-state index in [2.05, 4.69) is 4.74 Å². The minimum absolute atomic E-state index is 0. The quantitative estimate of drug-likeness (QED) is 0.689. The molecule has 0 aliphatic carbocycles. The van der Waals surface area contributed by atoms with Crippen molar-refractivity contribution >= 4 is 23.2 Å². The van der Waals surface area contributed by atoms with Gasteiger partial charge in [-0.2, -0.15) is 0 Å². The molecule has 132 valence electrons. The number of benzene rings is 3. The lowest BCUT2D eigenvalue weighted by Gasteiger charge is -2.17. The predicted molar refractivity (Wildman–Crippen MR) is 92.0 cm³/mol. The Kier molecular flexibility index (Phi) is 5.45. The van der Waals surface area contributed by atoms with Crippen molar-refractivity contribution in [3.63, 3.8) is 0 Å². The van der Waals surface area contributed by atoms with E-state index in [4.69, 9.17) is 5.73 Å². The van der Waals surface area contributed by atoms with Gasteiger partial charge < -0.3 is 15.6 Å². The van der Waals surface area contributed by atoms with Gasteiger partial charge in [-0.15, -0.1) is 25.6 Å². The number of rotatable bonds is 3. The smallest absolute Gasteiger partial charge is 0.508 e. The first-order chi connectivity index (χ1) is 11.3. The van der Waals surface area contributed by atoms with Crippen LogP contribution in [-0.4, -0.2) is 11.5 Å². The van der Waals surface area contributed by atoms with Gasteiger partial charge >= 0.3 is 6.36 Å². The normalized spacial score (nSPS) is 12.5. The Morgan fingerprint density at radius 2 is 1.56 bits per heavy atom. The molecule has 25 heavy (non-hydrogen) atoms. The van der Waals surface area contributed by atoms with E-state index in [9.17, 15) is 18.3 Å². The maximum atomic E-state index is 12.2. The third kappa shape index (κ3) is 4.15. The van der Waals surface area contributed by atoms with Crippen molar-refractivity contribution in [1.29, 1.82) is 0 Å². The van der Waals surface area contributed by atoms with E-state index in [1.165, 1.54) is 24.3 Å². The highest BCUT2D eigenvalue weighted by Gasteiger charge is 2.31. The number of alkyl halides is 3. The van der Waals surface area contributed by atoms with Gasteiger partial charge in [-0.1, -0.05) is 42.5 Å². The van der Waals surface area contributed by atoms with Crippen LogP contribution in [0.25, 0.3) is 10.8 Å². The van der Waals surface area contributed by atoms with Crippen LogP contribution in [-0.2, 0) is 0 Å². The number of phenols is 1. The molecule has 0 radical (unpaired) electrons. The third-order valence-corrected chi connectivity index (χ3v) is 3.73. The molecule has 3 aromatic carbocycles. The number of hydrogen-bond donors (Lipinski definition) is 2. The average Bonchev–Trinajstić information content (AvgIpc) is 2.53. The molecule has 7 heteroatoms. The topological polar surface area (TPSA) is 55.5 Å². The van der Waals surface area contributed by atoms with Crippen LogP contribution in [0.1, 0.15) is 17.2 Å². The number of hydrogen-bond acceptors (Lipinski definition) is 3. The largest absolute Gasteiger partial charge is 0.573 e. The highest BCUT2D eigenvalue weighted by molar-refractivity contribution is 5.88. The summed E-state index contributed by atoms with van der Waals surface area (Å²) in [6, 6.07) is 15.4. The molecule has 0 aliphatic rings. The summed E-state index contributed by atoms with van der Waals surface area (Å²) < 4.78 is 40.5. The summed E-state index contributed by atoms with van der Waals surface area (Å²) in [7, 11) is 0. The zero-order chi connectivity index (χ0) is 17.3. The van der Waals surface area contributed by atoms with Crippen molar-refractivity contribution in [2.75, 3.05) is 0 Å². The van der Waals surface area contributed by atoms with Crippen molar-refractivity contribution < 1.29 is 23.0 Å². The van der Waals surface area contributed by atoms with E-state index in [1.54, 1.807) is 12.1 Å². The summed E-state index contributed by atoms with van der Waals surface area (Å²) in [5, 5.41) is 11.9. The molecule has 3 N–H and O–H groups in total. The zero-order valence-corrected chi connectivity index (χ0v) is 13.6. The van der Waals surface area contributed by atoms with E-state index in [1.807, 2.05) is 24.3 Å². The number of halogens is 4. The molecule has 0 unspecified atom stereocenters. The van der Waals surface area contributed by atoms with Crippen molar-refractivity contribution in [2.24, 2.45) is 5.73 Å². The van der Waals surface area contributed by atoms with Gasteiger partial charge in [0.25, 0.3) is 0 Å². The lowest BCUT2D eigenvalue weighted by atomic mass is 9.93. The first-order valence-corrected chi connectivity index (χ1v) is 7.17. The number of nitrogens with two attached hydrogens (primary N) is 1. The highest BCUT2D eigenvalue weighted by atomic mass is 35.5. The number of aromatic hydroxyl groups is 1. The standard InChI is InChI=1S/C18H14F3NO2.ClH/c19-18(20,21)24-13-8-5-12(6-9-13)17(22)16-14-4-2-1-3-11(14)7-10-15(16)23;/h1-10,17,23H,22H2;1H/t17-;/m1./s1. The Morgan fingerprint density at radius 1 is 0.920 bits per heavy atom. The molecule has 0 saturated heterocycles. The van der Waals surface area contributed by atoms with Gasteiger partial charge in [-0.3, -0.25) is 0 Å². The molecule has 1 atom stereocenters. The average molecular weight is 370 g/mol. The Morgan fingerprint density at radius 3 is 2.20 bits per heavy atom. The van der Waals surface area contributed by atoms with Crippen molar-refractivity contribution in [3.8, 4) is 11.5 Å².